The largest absolute Gasteiger partial charge is 0.341 e. The van der Waals surface area contributed by atoms with Crippen LogP contribution in [0.25, 0.3) is 0 Å². The number of nitrogens with zero attached hydrogens (tertiary/aromatic N) is 2. The Bertz CT molecular complexity index is 773. The summed E-state index contributed by atoms with van der Waals surface area (Å²) in [5, 5.41) is 2.79. The molecule has 1 unspecified atom stereocenters. The highest BCUT2D eigenvalue weighted by Gasteiger charge is 2.49. The van der Waals surface area contributed by atoms with Gasteiger partial charge in [0, 0.05) is 13.1 Å². The minimum atomic E-state index is -1.15. The Kier molecular flexibility index (Phi) is 5.26. The second-order valence-electron chi connectivity index (χ2n) is 9.34. The van der Waals surface area contributed by atoms with Crippen molar-refractivity contribution in [2.75, 3.05) is 19.6 Å². The van der Waals surface area contributed by atoms with Gasteiger partial charge in [-0.25, -0.2) is 4.79 Å². The lowest BCUT2D eigenvalue weighted by Crippen LogP contribution is -2.46. The zero-order chi connectivity index (χ0) is 20.7. The van der Waals surface area contributed by atoms with Crippen LogP contribution in [0.3, 0.4) is 0 Å². The molecule has 1 aromatic carbocycles. The second kappa shape index (κ2) is 7.22. The number of hydrogen-bond acceptors (Lipinski definition) is 3. The van der Waals surface area contributed by atoms with Gasteiger partial charge in [0.05, 0.1) is 0 Å². The Balaban J connectivity index is 1.74. The van der Waals surface area contributed by atoms with Crippen molar-refractivity contribution < 1.29 is 14.4 Å². The number of likely N-dealkylation sites (tertiary alicyclic amines) is 1. The molecule has 0 saturated carbocycles. The Morgan fingerprint density at radius 3 is 2.25 bits per heavy atom. The van der Waals surface area contributed by atoms with Crippen LogP contribution < -0.4 is 5.32 Å². The first-order valence-electron chi connectivity index (χ1n) is 10.1. The normalized spacial score (nSPS) is 23.9. The van der Waals surface area contributed by atoms with E-state index >= 15 is 0 Å². The maximum absolute atomic E-state index is 13.1. The number of piperidine rings is 1. The summed E-state index contributed by atoms with van der Waals surface area (Å²) in [6, 6.07) is 7.24. The first-order chi connectivity index (χ1) is 13.0. The molecule has 2 fully saturated rings. The molecule has 2 heterocycles. The Labute approximate surface area is 167 Å². The van der Waals surface area contributed by atoms with Crippen molar-refractivity contribution in [3.63, 3.8) is 0 Å². The van der Waals surface area contributed by atoms with Crippen LogP contribution in [0.4, 0.5) is 4.79 Å². The van der Waals surface area contributed by atoms with Crippen LogP contribution in [-0.2, 0) is 20.5 Å². The summed E-state index contributed by atoms with van der Waals surface area (Å²) < 4.78 is 0. The van der Waals surface area contributed by atoms with Gasteiger partial charge >= 0.3 is 6.03 Å². The molecule has 0 spiro atoms. The van der Waals surface area contributed by atoms with Gasteiger partial charge in [-0.15, -0.1) is 0 Å². The smallest absolute Gasteiger partial charge is 0.325 e. The minimum absolute atomic E-state index is 0.00671. The molecule has 2 aliphatic heterocycles. The van der Waals surface area contributed by atoms with Crippen LogP contribution >= 0.6 is 0 Å². The zero-order valence-electron chi connectivity index (χ0n) is 17.5. The van der Waals surface area contributed by atoms with Crippen molar-refractivity contribution in [1.29, 1.82) is 0 Å². The molecule has 152 valence electrons. The maximum atomic E-state index is 13.1. The summed E-state index contributed by atoms with van der Waals surface area (Å²) in [7, 11) is 0. The highest BCUT2D eigenvalue weighted by atomic mass is 16.2. The van der Waals surface area contributed by atoms with E-state index in [0.29, 0.717) is 19.0 Å². The highest BCUT2D eigenvalue weighted by Crippen LogP contribution is 2.31. The summed E-state index contributed by atoms with van der Waals surface area (Å²) in [6.07, 6.45) is 1.92. The van der Waals surface area contributed by atoms with Crippen molar-refractivity contribution in [3.8, 4) is 0 Å². The third-order valence-electron chi connectivity index (χ3n) is 6.03. The molecular formula is C22H31N3O3. The summed E-state index contributed by atoms with van der Waals surface area (Å²) in [4.78, 5) is 41.0. The van der Waals surface area contributed by atoms with Gasteiger partial charge in [0.15, 0.2) is 0 Å². The van der Waals surface area contributed by atoms with E-state index in [9.17, 15) is 14.4 Å². The molecule has 0 aromatic heterocycles. The molecule has 2 saturated heterocycles. The molecule has 4 amide bonds. The van der Waals surface area contributed by atoms with Gasteiger partial charge < -0.3 is 10.2 Å². The molecule has 0 aliphatic carbocycles. The summed E-state index contributed by atoms with van der Waals surface area (Å²) in [5.74, 6) is 0.0718. The molecule has 6 heteroatoms. The standard InChI is InChI=1S/C22H31N3O3/c1-15-10-12-24(13-11-15)18(26)14-25-19(27)22(5,23-20(25)28)17-8-6-16(7-9-17)21(2,3)4/h6-9,15H,10-14H2,1-5H3,(H,23,28). The molecule has 2 aliphatic rings. The fraction of sp³-hybridized carbons (Fsp3) is 0.591. The number of nitrogens with one attached hydrogen (secondary N) is 1. The lowest BCUT2D eigenvalue weighted by atomic mass is 9.84. The van der Waals surface area contributed by atoms with Gasteiger partial charge in [-0.2, -0.15) is 0 Å². The maximum Gasteiger partial charge on any atom is 0.325 e. The van der Waals surface area contributed by atoms with Gasteiger partial charge in [0.25, 0.3) is 5.91 Å². The van der Waals surface area contributed by atoms with Crippen molar-refractivity contribution >= 4 is 17.8 Å². The van der Waals surface area contributed by atoms with Gasteiger partial charge in [-0.1, -0.05) is 52.0 Å². The summed E-state index contributed by atoms with van der Waals surface area (Å²) in [6.45, 7) is 11.4. The van der Waals surface area contributed by atoms with Crippen LogP contribution in [-0.4, -0.2) is 47.3 Å². The minimum Gasteiger partial charge on any atom is -0.341 e. The number of imide groups is 1. The summed E-state index contributed by atoms with van der Waals surface area (Å²) >= 11 is 0. The lowest BCUT2D eigenvalue weighted by Gasteiger charge is -2.31. The third-order valence-corrected chi connectivity index (χ3v) is 6.03. The lowest BCUT2D eigenvalue weighted by molar-refractivity contribution is -0.139. The van der Waals surface area contributed by atoms with E-state index in [4.69, 9.17) is 0 Å². The predicted octanol–water partition coefficient (Wildman–Crippen LogP) is 3.01. The highest BCUT2D eigenvalue weighted by molar-refractivity contribution is 6.09. The van der Waals surface area contributed by atoms with E-state index in [-0.39, 0.29) is 23.8 Å². The molecule has 1 aromatic rings. The van der Waals surface area contributed by atoms with Crippen molar-refractivity contribution in [3.05, 3.63) is 35.4 Å². The third kappa shape index (κ3) is 3.77. The molecular weight excluding hydrogens is 354 g/mol. The zero-order valence-corrected chi connectivity index (χ0v) is 17.5. The second-order valence-corrected chi connectivity index (χ2v) is 9.34. The number of rotatable bonds is 3. The fourth-order valence-electron chi connectivity index (χ4n) is 3.83. The molecule has 1 N–H and O–H groups in total. The van der Waals surface area contributed by atoms with Crippen molar-refractivity contribution in [2.45, 2.75) is 58.4 Å². The van der Waals surface area contributed by atoms with E-state index in [1.807, 2.05) is 24.3 Å². The van der Waals surface area contributed by atoms with Gasteiger partial charge in [0.2, 0.25) is 5.91 Å². The first-order valence-corrected chi connectivity index (χ1v) is 10.1. The summed E-state index contributed by atoms with van der Waals surface area (Å²) in [5.41, 5.74) is 0.736. The number of carbonyl (C=O) groups excluding carboxylic acids is 3. The Morgan fingerprint density at radius 1 is 1.14 bits per heavy atom. The molecule has 0 radical (unpaired) electrons. The topological polar surface area (TPSA) is 69.7 Å². The van der Waals surface area contributed by atoms with Crippen LogP contribution in [0.1, 0.15) is 58.6 Å². The molecule has 3 rings (SSSR count). The molecule has 28 heavy (non-hydrogen) atoms. The van der Waals surface area contributed by atoms with Gasteiger partial charge in [-0.05, 0) is 42.2 Å². The number of urea groups is 1. The number of carbonyl (C=O) groups is 3. The Hall–Kier alpha value is -2.37. The van der Waals surface area contributed by atoms with Crippen molar-refractivity contribution in [2.24, 2.45) is 5.92 Å². The van der Waals surface area contributed by atoms with E-state index in [1.54, 1.807) is 11.8 Å². The quantitative estimate of drug-likeness (QED) is 0.813. The van der Waals surface area contributed by atoms with E-state index < -0.39 is 11.6 Å². The van der Waals surface area contributed by atoms with Crippen LogP contribution in [0.2, 0.25) is 0 Å². The van der Waals surface area contributed by atoms with Gasteiger partial charge in [0.1, 0.15) is 12.1 Å². The fourth-order valence-corrected chi connectivity index (χ4v) is 3.83. The van der Waals surface area contributed by atoms with E-state index in [1.165, 1.54) is 0 Å². The average molecular weight is 386 g/mol. The van der Waals surface area contributed by atoms with Crippen LogP contribution in [0, 0.1) is 5.92 Å². The monoisotopic (exact) mass is 385 g/mol. The van der Waals surface area contributed by atoms with Gasteiger partial charge in [-0.3, -0.25) is 14.5 Å². The average Bonchev–Trinajstić information content (AvgIpc) is 2.86. The van der Waals surface area contributed by atoms with E-state index in [2.05, 4.69) is 33.0 Å². The first kappa shape index (κ1) is 20.4. The number of benzene rings is 1. The molecule has 0 bridgehead atoms. The van der Waals surface area contributed by atoms with Crippen LogP contribution in [0.5, 0.6) is 0 Å². The van der Waals surface area contributed by atoms with Crippen LogP contribution in [0.15, 0.2) is 24.3 Å². The molecule has 1 atom stereocenters. The number of amides is 4. The SMILES string of the molecule is CC1CCN(C(=O)CN2C(=O)NC(C)(c3ccc(C(C)(C)C)cc3)C2=O)CC1. The number of hydrogen-bond donors (Lipinski definition) is 1. The van der Waals surface area contributed by atoms with Crippen molar-refractivity contribution in [1.82, 2.24) is 15.1 Å². The van der Waals surface area contributed by atoms with E-state index in [0.717, 1.165) is 28.9 Å². The Morgan fingerprint density at radius 2 is 1.71 bits per heavy atom. The predicted molar refractivity (Wildman–Crippen MR) is 108 cm³/mol. The molecule has 6 nitrogen and oxygen atoms in total.